The van der Waals surface area contributed by atoms with Gasteiger partial charge >= 0.3 is 0 Å². The third-order valence-corrected chi connectivity index (χ3v) is 4.08. The van der Waals surface area contributed by atoms with Crippen molar-refractivity contribution in [2.75, 3.05) is 5.73 Å². The third kappa shape index (κ3) is 1.85. The van der Waals surface area contributed by atoms with E-state index in [1.165, 1.54) is 26.4 Å². The van der Waals surface area contributed by atoms with Gasteiger partial charge in [-0.05, 0) is 68.1 Å². The van der Waals surface area contributed by atoms with Crippen LogP contribution in [0.15, 0.2) is 18.2 Å². The summed E-state index contributed by atoms with van der Waals surface area (Å²) in [7, 11) is 0. The Balaban J connectivity index is 2.64. The summed E-state index contributed by atoms with van der Waals surface area (Å²) < 4.78 is 0. The lowest BCUT2D eigenvalue weighted by molar-refractivity contribution is 1.39. The van der Waals surface area contributed by atoms with E-state index in [0.29, 0.717) is 0 Å². The molecule has 1 nitrogen and oxygen atoms in total. The second-order valence-corrected chi connectivity index (χ2v) is 5.65. The van der Waals surface area contributed by atoms with Crippen molar-refractivity contribution in [3.05, 3.63) is 39.8 Å². The van der Waals surface area contributed by atoms with Crippen molar-refractivity contribution in [2.24, 2.45) is 0 Å². The zero-order valence-electron chi connectivity index (χ0n) is 10.2. The molecule has 0 saturated heterocycles. The maximum Gasteiger partial charge on any atom is 0.0377 e. The van der Waals surface area contributed by atoms with Gasteiger partial charge in [-0.2, -0.15) is 0 Å². The summed E-state index contributed by atoms with van der Waals surface area (Å²) >= 11 is 1.86. The molecule has 1 aromatic carbocycles. The number of hydrogen-bond acceptors (Lipinski definition) is 2. The molecule has 0 atom stereocenters. The van der Waals surface area contributed by atoms with Crippen molar-refractivity contribution < 1.29 is 0 Å². The molecule has 0 bridgehead atoms. The highest BCUT2D eigenvalue weighted by molar-refractivity contribution is 7.15. The molecule has 0 amide bonds. The fourth-order valence-electron chi connectivity index (χ4n) is 1.99. The Morgan fingerprint density at radius 1 is 0.875 bits per heavy atom. The standard InChI is InChI=1S/C14H17NS/c1-8-7-13(15)9(2)6-12(8)14-10(3)5-11(4)16-14/h5-7H,15H2,1-4H3. The molecule has 1 heterocycles. The van der Waals surface area contributed by atoms with Gasteiger partial charge in [0.2, 0.25) is 0 Å². The topological polar surface area (TPSA) is 26.0 Å². The van der Waals surface area contributed by atoms with Gasteiger partial charge in [0, 0.05) is 15.4 Å². The minimum atomic E-state index is 0.882. The lowest BCUT2D eigenvalue weighted by Crippen LogP contribution is -1.92. The minimum Gasteiger partial charge on any atom is -0.399 e. The van der Waals surface area contributed by atoms with Gasteiger partial charge in [-0.3, -0.25) is 0 Å². The Hall–Kier alpha value is -1.28. The molecule has 0 saturated carbocycles. The predicted molar refractivity (Wildman–Crippen MR) is 73.1 cm³/mol. The highest BCUT2D eigenvalue weighted by Crippen LogP contribution is 2.35. The van der Waals surface area contributed by atoms with Crippen LogP contribution in [0.5, 0.6) is 0 Å². The number of nitrogens with two attached hydrogens (primary N) is 1. The van der Waals surface area contributed by atoms with Gasteiger partial charge in [0.05, 0.1) is 0 Å². The van der Waals surface area contributed by atoms with Gasteiger partial charge in [-0.25, -0.2) is 0 Å². The summed E-state index contributed by atoms with van der Waals surface area (Å²) in [6.45, 7) is 8.51. The van der Waals surface area contributed by atoms with Gasteiger partial charge in [-0.15, -0.1) is 11.3 Å². The SMILES string of the molecule is Cc1cc(C)c(-c2cc(C)c(N)cc2C)s1. The number of benzene rings is 1. The molecule has 0 fully saturated rings. The number of thiophene rings is 1. The highest BCUT2D eigenvalue weighted by Gasteiger charge is 2.10. The van der Waals surface area contributed by atoms with Crippen LogP contribution >= 0.6 is 11.3 Å². The van der Waals surface area contributed by atoms with E-state index in [0.717, 1.165) is 11.3 Å². The van der Waals surface area contributed by atoms with Crippen LogP contribution < -0.4 is 5.73 Å². The molecule has 2 rings (SSSR count). The van der Waals surface area contributed by atoms with Crippen molar-refractivity contribution in [1.82, 2.24) is 0 Å². The molecule has 16 heavy (non-hydrogen) atoms. The first-order valence-corrected chi connectivity index (χ1v) is 6.25. The van der Waals surface area contributed by atoms with Crippen molar-refractivity contribution in [2.45, 2.75) is 27.7 Å². The predicted octanol–water partition coefficient (Wildman–Crippen LogP) is 4.23. The number of nitrogen functional groups attached to an aromatic ring is 1. The first-order valence-electron chi connectivity index (χ1n) is 5.43. The second kappa shape index (κ2) is 3.95. The molecule has 0 unspecified atom stereocenters. The zero-order valence-corrected chi connectivity index (χ0v) is 11.0. The van der Waals surface area contributed by atoms with Crippen molar-refractivity contribution in [3.63, 3.8) is 0 Å². The third-order valence-electron chi connectivity index (χ3n) is 2.90. The monoisotopic (exact) mass is 231 g/mol. The first kappa shape index (κ1) is 11.2. The van der Waals surface area contributed by atoms with Crippen molar-refractivity contribution in [3.8, 4) is 10.4 Å². The molecule has 2 heteroatoms. The van der Waals surface area contributed by atoms with Crippen LogP contribution in [-0.2, 0) is 0 Å². The van der Waals surface area contributed by atoms with Crippen LogP contribution in [0.2, 0.25) is 0 Å². The molecule has 84 valence electrons. The molecule has 0 radical (unpaired) electrons. The fraction of sp³-hybridized carbons (Fsp3) is 0.286. The Labute approximate surface area is 101 Å². The Morgan fingerprint density at radius 3 is 2.12 bits per heavy atom. The van der Waals surface area contributed by atoms with E-state index in [1.54, 1.807) is 0 Å². The van der Waals surface area contributed by atoms with Crippen LogP contribution in [-0.4, -0.2) is 0 Å². The molecule has 0 aliphatic carbocycles. The average Bonchev–Trinajstić information content (AvgIpc) is 2.51. The molecule has 2 aromatic rings. The molecule has 0 spiro atoms. The van der Waals surface area contributed by atoms with E-state index >= 15 is 0 Å². The van der Waals surface area contributed by atoms with Crippen molar-refractivity contribution in [1.29, 1.82) is 0 Å². The van der Waals surface area contributed by atoms with Gasteiger partial charge < -0.3 is 5.73 Å². The lowest BCUT2D eigenvalue weighted by atomic mass is 10.0. The Bertz CT molecular complexity index is 538. The van der Waals surface area contributed by atoms with Gasteiger partial charge in [0.25, 0.3) is 0 Å². The smallest absolute Gasteiger partial charge is 0.0377 e. The Kier molecular flexibility index (Phi) is 2.76. The van der Waals surface area contributed by atoms with Crippen LogP contribution in [0, 0.1) is 27.7 Å². The summed E-state index contributed by atoms with van der Waals surface area (Å²) in [5.74, 6) is 0. The molecule has 1 aromatic heterocycles. The number of rotatable bonds is 1. The lowest BCUT2D eigenvalue weighted by Gasteiger charge is -2.09. The summed E-state index contributed by atoms with van der Waals surface area (Å²) in [6, 6.07) is 6.51. The van der Waals surface area contributed by atoms with E-state index in [1.807, 2.05) is 11.3 Å². The highest BCUT2D eigenvalue weighted by atomic mass is 32.1. The van der Waals surface area contributed by atoms with Gasteiger partial charge in [0.15, 0.2) is 0 Å². The van der Waals surface area contributed by atoms with Crippen LogP contribution in [0.1, 0.15) is 21.6 Å². The number of aryl methyl sites for hydroxylation is 4. The van der Waals surface area contributed by atoms with Gasteiger partial charge in [-0.1, -0.05) is 0 Å². The van der Waals surface area contributed by atoms with Crippen LogP contribution in [0.3, 0.4) is 0 Å². The van der Waals surface area contributed by atoms with Crippen LogP contribution in [0.4, 0.5) is 5.69 Å². The molecule has 2 N–H and O–H groups in total. The van der Waals surface area contributed by atoms with E-state index in [9.17, 15) is 0 Å². The van der Waals surface area contributed by atoms with E-state index in [4.69, 9.17) is 5.73 Å². The quantitative estimate of drug-likeness (QED) is 0.730. The van der Waals surface area contributed by atoms with E-state index in [2.05, 4.69) is 45.9 Å². The molecular weight excluding hydrogens is 214 g/mol. The van der Waals surface area contributed by atoms with Crippen molar-refractivity contribution >= 4 is 17.0 Å². The van der Waals surface area contributed by atoms with E-state index in [-0.39, 0.29) is 0 Å². The normalized spacial score (nSPS) is 10.8. The molecule has 0 aliphatic heterocycles. The summed E-state index contributed by atoms with van der Waals surface area (Å²) in [4.78, 5) is 2.74. The average molecular weight is 231 g/mol. The summed E-state index contributed by atoms with van der Waals surface area (Å²) in [5, 5.41) is 0. The maximum absolute atomic E-state index is 5.91. The fourth-order valence-corrected chi connectivity index (χ4v) is 3.10. The van der Waals surface area contributed by atoms with E-state index < -0.39 is 0 Å². The minimum absolute atomic E-state index is 0.882. The second-order valence-electron chi connectivity index (χ2n) is 4.39. The number of hydrogen-bond donors (Lipinski definition) is 1. The number of anilines is 1. The van der Waals surface area contributed by atoms with Crippen LogP contribution in [0.25, 0.3) is 10.4 Å². The van der Waals surface area contributed by atoms with Gasteiger partial charge in [0.1, 0.15) is 0 Å². The summed E-state index contributed by atoms with van der Waals surface area (Å²) in [6.07, 6.45) is 0. The zero-order chi connectivity index (χ0) is 11.9. The largest absolute Gasteiger partial charge is 0.399 e. The first-order chi connectivity index (χ1) is 7.49. The summed E-state index contributed by atoms with van der Waals surface area (Å²) in [5.41, 5.74) is 11.9. The molecular formula is C14H17NS. The maximum atomic E-state index is 5.91. The Morgan fingerprint density at radius 2 is 1.56 bits per heavy atom. The molecule has 0 aliphatic rings.